The molecule has 7 heteroatoms. The van der Waals surface area contributed by atoms with Crippen LogP contribution in [-0.2, 0) is 9.53 Å². The van der Waals surface area contributed by atoms with Crippen LogP contribution < -0.4 is 9.47 Å². The Bertz CT molecular complexity index is 912. The van der Waals surface area contributed by atoms with Crippen LogP contribution in [0.3, 0.4) is 0 Å². The number of thiocarbonyl (C=S) groups is 1. The maximum absolute atomic E-state index is 12.3. The number of hydrogen-bond donors (Lipinski definition) is 0. The first-order valence-electron chi connectivity index (χ1n) is 9.82. The van der Waals surface area contributed by atoms with E-state index in [1.54, 1.807) is 4.90 Å². The SMILES string of the molecule is CCN1C(=O)C(=Cc2ccc(OCCOCCOc3cccc(C)c3)cc2)SC1=S. The Labute approximate surface area is 187 Å². The second kappa shape index (κ2) is 11.2. The van der Waals surface area contributed by atoms with Gasteiger partial charge in [-0.25, -0.2) is 0 Å². The topological polar surface area (TPSA) is 48.0 Å². The highest BCUT2D eigenvalue weighted by Crippen LogP contribution is 2.32. The van der Waals surface area contributed by atoms with Gasteiger partial charge in [-0.15, -0.1) is 0 Å². The van der Waals surface area contributed by atoms with E-state index in [1.807, 2.05) is 68.5 Å². The monoisotopic (exact) mass is 443 g/mol. The van der Waals surface area contributed by atoms with Crippen molar-refractivity contribution in [2.75, 3.05) is 33.0 Å². The molecule has 158 valence electrons. The molecule has 0 atom stereocenters. The molecule has 0 N–H and O–H groups in total. The van der Waals surface area contributed by atoms with Crippen molar-refractivity contribution in [3.8, 4) is 11.5 Å². The number of hydrogen-bond acceptors (Lipinski definition) is 6. The minimum atomic E-state index is -0.0312. The third-order valence-corrected chi connectivity index (χ3v) is 5.73. The zero-order chi connectivity index (χ0) is 21.3. The van der Waals surface area contributed by atoms with E-state index >= 15 is 0 Å². The van der Waals surface area contributed by atoms with E-state index in [0.717, 1.165) is 17.1 Å². The molecule has 5 nitrogen and oxygen atoms in total. The van der Waals surface area contributed by atoms with E-state index in [9.17, 15) is 4.79 Å². The number of nitrogens with zero attached hydrogens (tertiary/aromatic N) is 1. The number of benzene rings is 2. The molecule has 1 heterocycles. The Morgan fingerprint density at radius 1 is 1.00 bits per heavy atom. The summed E-state index contributed by atoms with van der Waals surface area (Å²) in [7, 11) is 0. The lowest BCUT2D eigenvalue weighted by Crippen LogP contribution is -2.27. The second-order valence-corrected chi connectivity index (χ2v) is 8.30. The van der Waals surface area contributed by atoms with E-state index in [2.05, 4.69) is 0 Å². The Morgan fingerprint density at radius 2 is 1.70 bits per heavy atom. The van der Waals surface area contributed by atoms with Gasteiger partial charge < -0.3 is 14.2 Å². The molecule has 1 aliphatic rings. The normalized spacial score (nSPS) is 15.1. The second-order valence-electron chi connectivity index (χ2n) is 6.62. The number of rotatable bonds is 10. The largest absolute Gasteiger partial charge is 0.491 e. The van der Waals surface area contributed by atoms with Crippen LogP contribution in [0, 0.1) is 6.92 Å². The van der Waals surface area contributed by atoms with Gasteiger partial charge in [0.1, 0.15) is 29.0 Å². The number of likely N-dealkylation sites (N-methyl/N-ethyl adjacent to an activating group) is 1. The first-order chi connectivity index (χ1) is 14.6. The van der Waals surface area contributed by atoms with Gasteiger partial charge in [-0.05, 0) is 55.3 Å². The fraction of sp³-hybridized carbons (Fsp3) is 0.304. The Hall–Kier alpha value is -2.35. The Morgan fingerprint density at radius 3 is 2.33 bits per heavy atom. The summed E-state index contributed by atoms with van der Waals surface area (Å²) in [6, 6.07) is 15.5. The molecule has 0 spiro atoms. The average Bonchev–Trinajstić information content (AvgIpc) is 3.01. The molecule has 0 aromatic heterocycles. The van der Waals surface area contributed by atoms with Crippen molar-refractivity contribution < 1.29 is 19.0 Å². The van der Waals surface area contributed by atoms with Gasteiger partial charge in [0.2, 0.25) is 0 Å². The van der Waals surface area contributed by atoms with E-state index in [1.165, 1.54) is 17.3 Å². The molecule has 2 aromatic carbocycles. The van der Waals surface area contributed by atoms with Gasteiger partial charge in [-0.2, -0.15) is 0 Å². The molecular weight excluding hydrogens is 418 g/mol. The molecule has 1 amide bonds. The van der Waals surface area contributed by atoms with Crippen LogP contribution in [0.5, 0.6) is 11.5 Å². The number of amides is 1. The molecule has 0 unspecified atom stereocenters. The maximum atomic E-state index is 12.3. The van der Waals surface area contributed by atoms with Crippen LogP contribution in [0.1, 0.15) is 18.1 Å². The molecule has 1 saturated heterocycles. The molecular formula is C23H25NO4S2. The fourth-order valence-electron chi connectivity index (χ4n) is 2.83. The van der Waals surface area contributed by atoms with Gasteiger partial charge >= 0.3 is 0 Å². The third-order valence-electron chi connectivity index (χ3n) is 4.35. The van der Waals surface area contributed by atoms with Crippen molar-refractivity contribution in [2.24, 2.45) is 0 Å². The maximum Gasteiger partial charge on any atom is 0.266 e. The molecule has 0 aliphatic carbocycles. The van der Waals surface area contributed by atoms with Gasteiger partial charge in [0.15, 0.2) is 0 Å². The van der Waals surface area contributed by atoms with Crippen LogP contribution in [0.4, 0.5) is 0 Å². The van der Waals surface area contributed by atoms with Crippen molar-refractivity contribution >= 4 is 40.3 Å². The molecule has 3 rings (SSSR count). The van der Waals surface area contributed by atoms with Crippen LogP contribution in [0.15, 0.2) is 53.4 Å². The van der Waals surface area contributed by atoms with E-state index < -0.39 is 0 Å². The number of thioether (sulfide) groups is 1. The summed E-state index contributed by atoms with van der Waals surface area (Å²) in [6.07, 6.45) is 1.86. The molecule has 1 aliphatic heterocycles. The average molecular weight is 444 g/mol. The zero-order valence-corrected chi connectivity index (χ0v) is 18.8. The zero-order valence-electron chi connectivity index (χ0n) is 17.1. The molecule has 0 bridgehead atoms. The lowest BCUT2D eigenvalue weighted by atomic mass is 10.2. The molecule has 30 heavy (non-hydrogen) atoms. The highest BCUT2D eigenvalue weighted by atomic mass is 32.2. The standard InChI is InChI=1S/C23H25NO4S2/c1-3-24-22(25)21(30-23(24)29)16-18-7-9-19(10-8-18)27-13-11-26-12-14-28-20-6-4-5-17(2)15-20/h4-10,15-16H,3,11-14H2,1-2H3. The number of carbonyl (C=O) groups is 1. The highest BCUT2D eigenvalue weighted by Gasteiger charge is 2.30. The van der Waals surface area contributed by atoms with E-state index in [0.29, 0.717) is 42.2 Å². The van der Waals surface area contributed by atoms with Crippen molar-refractivity contribution in [3.63, 3.8) is 0 Å². The van der Waals surface area contributed by atoms with Crippen LogP contribution >= 0.6 is 24.0 Å². The first kappa shape index (κ1) is 22.3. The van der Waals surface area contributed by atoms with Gasteiger partial charge in [-0.3, -0.25) is 9.69 Å². The molecule has 1 fully saturated rings. The summed E-state index contributed by atoms with van der Waals surface area (Å²) in [5, 5.41) is 0. The lowest BCUT2D eigenvalue weighted by molar-refractivity contribution is -0.121. The van der Waals surface area contributed by atoms with Crippen molar-refractivity contribution in [1.82, 2.24) is 4.90 Å². The quantitative estimate of drug-likeness (QED) is 0.302. The van der Waals surface area contributed by atoms with Gasteiger partial charge in [0, 0.05) is 6.54 Å². The molecule has 0 saturated carbocycles. The summed E-state index contributed by atoms with van der Waals surface area (Å²) in [6.45, 7) is 6.49. The molecule has 2 aromatic rings. The number of ether oxygens (including phenoxy) is 3. The fourth-order valence-corrected chi connectivity index (χ4v) is 4.21. The highest BCUT2D eigenvalue weighted by molar-refractivity contribution is 8.26. The van der Waals surface area contributed by atoms with Crippen LogP contribution in [0.2, 0.25) is 0 Å². The minimum Gasteiger partial charge on any atom is -0.491 e. The summed E-state index contributed by atoms with van der Waals surface area (Å²) < 4.78 is 17.5. The van der Waals surface area contributed by atoms with Gasteiger partial charge in [-0.1, -0.05) is 48.2 Å². The van der Waals surface area contributed by atoms with Crippen LogP contribution in [0.25, 0.3) is 6.08 Å². The summed E-state index contributed by atoms with van der Waals surface area (Å²) >= 11 is 6.57. The van der Waals surface area contributed by atoms with Crippen molar-refractivity contribution in [2.45, 2.75) is 13.8 Å². The van der Waals surface area contributed by atoms with E-state index in [4.69, 9.17) is 26.4 Å². The van der Waals surface area contributed by atoms with Crippen LogP contribution in [-0.4, -0.2) is 48.1 Å². The first-order valence-corrected chi connectivity index (χ1v) is 11.0. The Balaban J connectivity index is 1.35. The van der Waals surface area contributed by atoms with Crippen molar-refractivity contribution in [3.05, 3.63) is 64.6 Å². The predicted octanol–water partition coefficient (Wildman–Crippen LogP) is 4.69. The van der Waals surface area contributed by atoms with Crippen molar-refractivity contribution in [1.29, 1.82) is 0 Å². The van der Waals surface area contributed by atoms with Gasteiger partial charge in [0.25, 0.3) is 5.91 Å². The summed E-state index contributed by atoms with van der Waals surface area (Å²) in [5.41, 5.74) is 2.10. The number of aryl methyl sites for hydroxylation is 1. The van der Waals surface area contributed by atoms with Gasteiger partial charge in [0.05, 0.1) is 18.1 Å². The molecule has 0 radical (unpaired) electrons. The Kier molecular flexibility index (Phi) is 8.30. The summed E-state index contributed by atoms with van der Waals surface area (Å²) in [5.74, 6) is 1.58. The smallest absolute Gasteiger partial charge is 0.266 e. The number of carbonyl (C=O) groups excluding carboxylic acids is 1. The van der Waals surface area contributed by atoms with E-state index in [-0.39, 0.29) is 5.91 Å². The third kappa shape index (κ3) is 6.32. The summed E-state index contributed by atoms with van der Waals surface area (Å²) in [4.78, 5) is 14.5. The minimum absolute atomic E-state index is 0.0312. The lowest BCUT2D eigenvalue weighted by Gasteiger charge is -2.09. The predicted molar refractivity (Wildman–Crippen MR) is 125 cm³/mol.